The molecule has 0 unspecified atom stereocenters. The van der Waals surface area contributed by atoms with Gasteiger partial charge in [-0.05, 0) is 36.1 Å². The SMILES string of the molecule is CCSc1ccccc1NC(=O)c1ccc(N(C)S(C)(=O)=O)cc1Cl. The molecule has 134 valence electrons. The molecular weight excluding hydrogens is 380 g/mol. The van der Waals surface area contributed by atoms with Gasteiger partial charge in [-0.15, -0.1) is 11.8 Å². The van der Waals surface area contributed by atoms with Crippen molar-refractivity contribution < 1.29 is 13.2 Å². The Kier molecular flexibility index (Phi) is 6.37. The maximum Gasteiger partial charge on any atom is 0.257 e. The number of sulfonamides is 1. The van der Waals surface area contributed by atoms with Gasteiger partial charge in [0.25, 0.3) is 5.91 Å². The summed E-state index contributed by atoms with van der Waals surface area (Å²) in [6.07, 6.45) is 1.10. The summed E-state index contributed by atoms with van der Waals surface area (Å²) in [6, 6.07) is 12.1. The Bertz CT molecular complexity index is 885. The molecule has 0 aliphatic heterocycles. The van der Waals surface area contributed by atoms with Crippen LogP contribution in [0.1, 0.15) is 17.3 Å². The highest BCUT2D eigenvalue weighted by molar-refractivity contribution is 7.99. The summed E-state index contributed by atoms with van der Waals surface area (Å²) in [6.45, 7) is 2.04. The zero-order valence-electron chi connectivity index (χ0n) is 14.1. The van der Waals surface area contributed by atoms with E-state index in [1.54, 1.807) is 17.8 Å². The van der Waals surface area contributed by atoms with Gasteiger partial charge in [-0.2, -0.15) is 0 Å². The van der Waals surface area contributed by atoms with Crippen molar-refractivity contribution >= 4 is 50.7 Å². The molecule has 0 heterocycles. The molecule has 0 fully saturated rings. The molecule has 1 amide bonds. The number of amides is 1. The quantitative estimate of drug-likeness (QED) is 0.744. The van der Waals surface area contributed by atoms with E-state index in [4.69, 9.17) is 11.6 Å². The van der Waals surface area contributed by atoms with Crippen molar-refractivity contribution in [1.29, 1.82) is 0 Å². The summed E-state index contributed by atoms with van der Waals surface area (Å²) in [4.78, 5) is 13.5. The third-order valence-corrected chi connectivity index (χ3v) is 5.97. The molecular formula is C17H19ClN2O3S2. The number of hydrogen-bond donors (Lipinski definition) is 1. The molecule has 2 aromatic carbocycles. The fourth-order valence-electron chi connectivity index (χ4n) is 2.12. The molecule has 2 aromatic rings. The van der Waals surface area contributed by atoms with Gasteiger partial charge in [0.05, 0.1) is 28.2 Å². The third-order valence-electron chi connectivity index (χ3n) is 3.49. The van der Waals surface area contributed by atoms with E-state index in [0.29, 0.717) is 11.4 Å². The van der Waals surface area contributed by atoms with Gasteiger partial charge in [-0.1, -0.05) is 30.7 Å². The van der Waals surface area contributed by atoms with Crippen LogP contribution in [0.15, 0.2) is 47.4 Å². The van der Waals surface area contributed by atoms with E-state index in [-0.39, 0.29) is 16.5 Å². The van der Waals surface area contributed by atoms with Gasteiger partial charge in [0.2, 0.25) is 10.0 Å². The Morgan fingerprint density at radius 2 is 1.92 bits per heavy atom. The summed E-state index contributed by atoms with van der Waals surface area (Å²) in [5.74, 6) is 0.544. The van der Waals surface area contributed by atoms with E-state index >= 15 is 0 Å². The lowest BCUT2D eigenvalue weighted by atomic mass is 10.2. The number of carbonyl (C=O) groups excluding carboxylic acids is 1. The number of halogens is 1. The number of thioether (sulfide) groups is 1. The fourth-order valence-corrected chi connectivity index (χ4v) is 3.63. The fraction of sp³-hybridized carbons (Fsp3) is 0.235. The first-order valence-corrected chi connectivity index (χ1v) is 10.7. The molecule has 25 heavy (non-hydrogen) atoms. The van der Waals surface area contributed by atoms with E-state index in [1.807, 2.05) is 31.2 Å². The summed E-state index contributed by atoms with van der Waals surface area (Å²) < 4.78 is 24.3. The Morgan fingerprint density at radius 3 is 2.52 bits per heavy atom. The Labute approximate surface area is 157 Å². The first-order valence-electron chi connectivity index (χ1n) is 7.50. The predicted molar refractivity (Wildman–Crippen MR) is 105 cm³/mol. The highest BCUT2D eigenvalue weighted by Crippen LogP contribution is 2.29. The molecule has 0 saturated heterocycles. The molecule has 0 radical (unpaired) electrons. The monoisotopic (exact) mass is 398 g/mol. The summed E-state index contributed by atoms with van der Waals surface area (Å²) in [5.41, 5.74) is 1.39. The average molecular weight is 399 g/mol. The van der Waals surface area contributed by atoms with E-state index in [1.165, 1.54) is 19.2 Å². The van der Waals surface area contributed by atoms with Gasteiger partial charge in [0.15, 0.2) is 0 Å². The van der Waals surface area contributed by atoms with E-state index in [2.05, 4.69) is 5.32 Å². The first kappa shape index (κ1) is 19.6. The van der Waals surface area contributed by atoms with Crippen LogP contribution in [-0.2, 0) is 10.0 Å². The molecule has 0 bridgehead atoms. The van der Waals surface area contributed by atoms with Crippen LogP contribution in [0.5, 0.6) is 0 Å². The number of rotatable bonds is 6. The van der Waals surface area contributed by atoms with Gasteiger partial charge >= 0.3 is 0 Å². The lowest BCUT2D eigenvalue weighted by Gasteiger charge is -2.17. The predicted octanol–water partition coefficient (Wildman–Crippen LogP) is 4.10. The molecule has 0 aromatic heterocycles. The molecule has 5 nitrogen and oxygen atoms in total. The van der Waals surface area contributed by atoms with Gasteiger partial charge in [0.1, 0.15) is 0 Å². The van der Waals surface area contributed by atoms with Gasteiger partial charge in [-0.3, -0.25) is 9.10 Å². The third kappa shape index (κ3) is 4.90. The van der Waals surface area contributed by atoms with Gasteiger partial charge in [0, 0.05) is 11.9 Å². The highest BCUT2D eigenvalue weighted by Gasteiger charge is 2.17. The number of hydrogen-bond acceptors (Lipinski definition) is 4. The number of nitrogens with one attached hydrogen (secondary N) is 1. The molecule has 0 spiro atoms. The first-order chi connectivity index (χ1) is 11.7. The number of carbonyl (C=O) groups is 1. The Morgan fingerprint density at radius 1 is 1.24 bits per heavy atom. The van der Waals surface area contributed by atoms with Crippen molar-refractivity contribution in [2.75, 3.05) is 28.7 Å². The number of anilines is 2. The molecule has 8 heteroatoms. The zero-order valence-corrected chi connectivity index (χ0v) is 16.5. The van der Waals surface area contributed by atoms with E-state index < -0.39 is 10.0 Å². The van der Waals surface area contributed by atoms with Crippen molar-refractivity contribution in [2.24, 2.45) is 0 Å². The van der Waals surface area contributed by atoms with Crippen molar-refractivity contribution in [3.8, 4) is 0 Å². The Hall–Kier alpha value is -1.70. The van der Waals surface area contributed by atoms with Crippen LogP contribution < -0.4 is 9.62 Å². The molecule has 0 aliphatic rings. The number of benzene rings is 2. The van der Waals surface area contributed by atoms with Crippen LogP contribution in [0.2, 0.25) is 5.02 Å². The molecule has 0 saturated carbocycles. The van der Waals surface area contributed by atoms with E-state index in [9.17, 15) is 13.2 Å². The minimum atomic E-state index is -3.39. The topological polar surface area (TPSA) is 66.5 Å². The number of nitrogens with zero attached hydrogens (tertiary/aromatic N) is 1. The van der Waals surface area contributed by atoms with Crippen molar-refractivity contribution in [2.45, 2.75) is 11.8 Å². The highest BCUT2D eigenvalue weighted by atomic mass is 35.5. The maximum atomic E-state index is 12.5. The maximum absolute atomic E-state index is 12.5. The zero-order chi connectivity index (χ0) is 18.6. The normalized spacial score (nSPS) is 11.2. The molecule has 0 aliphatic carbocycles. The van der Waals surface area contributed by atoms with Gasteiger partial charge in [-0.25, -0.2) is 8.42 Å². The summed E-state index contributed by atoms with van der Waals surface area (Å²) in [5, 5.41) is 3.04. The number of para-hydroxylation sites is 1. The van der Waals surface area contributed by atoms with Crippen molar-refractivity contribution in [3.63, 3.8) is 0 Å². The van der Waals surface area contributed by atoms with Crippen LogP contribution in [-0.4, -0.2) is 33.4 Å². The second kappa shape index (κ2) is 8.12. The van der Waals surface area contributed by atoms with Gasteiger partial charge < -0.3 is 5.32 Å². The molecule has 1 N–H and O–H groups in total. The van der Waals surface area contributed by atoms with Crippen LogP contribution in [0.25, 0.3) is 0 Å². The smallest absolute Gasteiger partial charge is 0.257 e. The second-order valence-electron chi connectivity index (χ2n) is 5.28. The standard InChI is InChI=1S/C17H19ClN2O3S2/c1-4-24-16-8-6-5-7-15(16)19-17(21)13-10-9-12(11-14(13)18)20(2)25(3,22)23/h5-11H,4H2,1-3H3,(H,19,21). The van der Waals surface area contributed by atoms with Crippen LogP contribution in [0.3, 0.4) is 0 Å². The molecule has 2 rings (SSSR count). The van der Waals surface area contributed by atoms with Crippen LogP contribution in [0.4, 0.5) is 11.4 Å². The second-order valence-corrected chi connectivity index (χ2v) is 9.00. The minimum absolute atomic E-state index is 0.186. The average Bonchev–Trinajstić information content (AvgIpc) is 2.55. The van der Waals surface area contributed by atoms with Crippen LogP contribution in [0, 0.1) is 0 Å². The van der Waals surface area contributed by atoms with Crippen molar-refractivity contribution in [1.82, 2.24) is 0 Å². The lowest BCUT2D eigenvalue weighted by molar-refractivity contribution is 0.102. The van der Waals surface area contributed by atoms with E-state index in [0.717, 1.165) is 21.2 Å². The summed E-state index contributed by atoms with van der Waals surface area (Å²) >= 11 is 7.83. The summed E-state index contributed by atoms with van der Waals surface area (Å²) in [7, 11) is -1.97. The van der Waals surface area contributed by atoms with Crippen LogP contribution >= 0.6 is 23.4 Å². The largest absolute Gasteiger partial charge is 0.321 e. The molecule has 0 atom stereocenters. The lowest BCUT2D eigenvalue weighted by Crippen LogP contribution is -2.25. The van der Waals surface area contributed by atoms with Crippen molar-refractivity contribution in [3.05, 3.63) is 53.1 Å². The Balaban J connectivity index is 2.26. The minimum Gasteiger partial charge on any atom is -0.321 e.